The van der Waals surface area contributed by atoms with E-state index in [-0.39, 0.29) is 11.5 Å². The number of nitrogens with zero attached hydrogens (tertiary/aromatic N) is 4. The number of carbonyl (C=O) groups is 1. The molecule has 31 heavy (non-hydrogen) atoms. The lowest BCUT2D eigenvalue weighted by Gasteiger charge is -2.14. The number of halogens is 2. The van der Waals surface area contributed by atoms with Crippen LogP contribution in [0.2, 0.25) is 0 Å². The molecule has 0 radical (unpaired) electrons. The van der Waals surface area contributed by atoms with Crippen molar-refractivity contribution in [3.63, 3.8) is 0 Å². The van der Waals surface area contributed by atoms with Crippen LogP contribution in [0.15, 0.2) is 43.1 Å². The molecule has 0 spiro atoms. The minimum atomic E-state index is -1.10. The van der Waals surface area contributed by atoms with Crippen LogP contribution in [0.4, 0.5) is 26.0 Å². The number of H-pyrrole nitrogens is 1. The maximum absolute atomic E-state index is 15.0. The fourth-order valence-corrected chi connectivity index (χ4v) is 2.80. The van der Waals surface area contributed by atoms with Crippen LogP contribution in [0.3, 0.4) is 0 Å². The zero-order valence-corrected chi connectivity index (χ0v) is 15.6. The molecule has 4 rings (SSSR count). The summed E-state index contributed by atoms with van der Waals surface area (Å²) >= 11 is 0. The highest BCUT2D eigenvalue weighted by Gasteiger charge is 2.20. The Kier molecular flexibility index (Phi) is 5.10. The van der Waals surface area contributed by atoms with Crippen LogP contribution in [0.25, 0.3) is 22.4 Å². The average Bonchev–Trinajstić information content (AvgIpc) is 3.27. The first-order valence-corrected chi connectivity index (χ1v) is 8.74. The van der Waals surface area contributed by atoms with E-state index < -0.39 is 28.9 Å². The third kappa shape index (κ3) is 3.69. The largest absolute Gasteiger partial charge is 0.341 e. The number of pyridine rings is 1. The third-order valence-electron chi connectivity index (χ3n) is 4.26. The molecule has 1 amide bonds. The van der Waals surface area contributed by atoms with Gasteiger partial charge in [-0.05, 0) is 24.3 Å². The Morgan fingerprint density at radius 2 is 1.97 bits per heavy atom. The van der Waals surface area contributed by atoms with Crippen LogP contribution in [0.1, 0.15) is 0 Å². The van der Waals surface area contributed by atoms with E-state index in [9.17, 15) is 13.6 Å². The molecule has 0 aliphatic heterocycles. The number of hydrogen-bond acceptors (Lipinski definition) is 8. The summed E-state index contributed by atoms with van der Waals surface area (Å²) in [6, 6.07) is 5.26. The molecule has 0 unspecified atom stereocenters. The highest BCUT2D eigenvalue weighted by molar-refractivity contribution is 6.61. The number of hydrogen-bond donors (Lipinski definition) is 5. The van der Waals surface area contributed by atoms with E-state index >= 15 is 0 Å². The molecule has 12 heteroatoms. The Hall–Kier alpha value is -4.61. The highest BCUT2D eigenvalue weighted by Crippen LogP contribution is 2.33. The molecule has 1 aromatic carbocycles. The minimum absolute atomic E-state index is 0.102. The Morgan fingerprint density at radius 3 is 2.77 bits per heavy atom. The van der Waals surface area contributed by atoms with Gasteiger partial charge in [-0.15, -0.1) is 0 Å². The van der Waals surface area contributed by atoms with Crippen LogP contribution in [0, 0.1) is 22.5 Å². The Morgan fingerprint density at radius 1 is 1.13 bits per heavy atom. The summed E-state index contributed by atoms with van der Waals surface area (Å²) in [5.74, 6) is -2.93. The molecule has 0 aliphatic rings. The van der Waals surface area contributed by atoms with Gasteiger partial charge in [0.1, 0.15) is 40.6 Å². The number of fused-ring (bicyclic) bond motifs is 1. The second-order valence-corrected chi connectivity index (χ2v) is 6.14. The van der Waals surface area contributed by atoms with Crippen molar-refractivity contribution in [2.45, 2.75) is 0 Å². The van der Waals surface area contributed by atoms with Crippen molar-refractivity contribution in [3.05, 3.63) is 54.8 Å². The van der Waals surface area contributed by atoms with Gasteiger partial charge < -0.3 is 21.0 Å². The monoisotopic (exact) mass is 421 g/mol. The van der Waals surface area contributed by atoms with E-state index in [1.54, 1.807) is 12.1 Å². The lowest BCUT2D eigenvalue weighted by molar-refractivity contribution is -0.110. The van der Waals surface area contributed by atoms with E-state index in [1.165, 1.54) is 18.9 Å². The smallest absolute Gasteiger partial charge is 0.275 e. The summed E-state index contributed by atoms with van der Waals surface area (Å²) in [5, 5.41) is 19.0. The molecule has 10 nitrogen and oxygen atoms in total. The Labute approximate surface area is 172 Å². The number of anilines is 3. The SMILES string of the molecule is N=CC(=N)C(=O)Nc1ccc(F)c(Nc2ncccc2-c2ncnc3nc[nH]c23)c1F. The van der Waals surface area contributed by atoms with Crippen molar-refractivity contribution in [3.8, 4) is 11.3 Å². The van der Waals surface area contributed by atoms with Crippen LogP contribution < -0.4 is 10.6 Å². The van der Waals surface area contributed by atoms with Gasteiger partial charge in [0.15, 0.2) is 11.5 Å². The molecular weight excluding hydrogens is 408 g/mol. The van der Waals surface area contributed by atoms with Gasteiger partial charge in [-0.1, -0.05) is 0 Å². The van der Waals surface area contributed by atoms with Crippen molar-refractivity contribution in [2.24, 2.45) is 0 Å². The van der Waals surface area contributed by atoms with E-state index in [2.05, 4.69) is 35.6 Å². The minimum Gasteiger partial charge on any atom is -0.341 e. The summed E-state index contributed by atoms with van der Waals surface area (Å²) in [6.45, 7) is 0. The number of rotatable bonds is 6. The normalized spacial score (nSPS) is 10.6. The van der Waals surface area contributed by atoms with Gasteiger partial charge >= 0.3 is 0 Å². The zero-order chi connectivity index (χ0) is 22.0. The topological polar surface area (TPSA) is 156 Å². The summed E-state index contributed by atoms with van der Waals surface area (Å²) in [5.41, 5.74) is 0.171. The molecule has 4 aromatic rings. The lowest BCUT2D eigenvalue weighted by Crippen LogP contribution is -2.23. The standard InChI is InChI=1S/C19H13F2N9O/c20-10-3-4-12(29-19(31)11(23)6-22)13(21)15(10)30-17-9(2-1-5-24-17)14-16-18(27-7-25-14)28-8-26-16/h1-8,22-23H,(H,24,30)(H,29,31)(H,25,26,27,28). The highest BCUT2D eigenvalue weighted by atomic mass is 19.1. The summed E-state index contributed by atoms with van der Waals surface area (Å²) in [6.07, 6.45) is 4.70. The first-order chi connectivity index (χ1) is 15.0. The van der Waals surface area contributed by atoms with Gasteiger partial charge in [-0.3, -0.25) is 10.2 Å². The fraction of sp³-hybridized carbons (Fsp3) is 0. The fourth-order valence-electron chi connectivity index (χ4n) is 2.80. The van der Waals surface area contributed by atoms with E-state index in [0.717, 1.165) is 12.1 Å². The molecule has 0 aliphatic carbocycles. The van der Waals surface area contributed by atoms with E-state index in [1.807, 2.05) is 0 Å². The first-order valence-electron chi connectivity index (χ1n) is 8.74. The van der Waals surface area contributed by atoms with Crippen LogP contribution in [-0.4, -0.2) is 42.8 Å². The number of benzene rings is 1. The predicted octanol–water partition coefficient (Wildman–Crippen LogP) is 3.04. The predicted molar refractivity (Wildman–Crippen MR) is 110 cm³/mol. The maximum atomic E-state index is 15.0. The number of carbonyl (C=O) groups excluding carboxylic acids is 1. The second-order valence-electron chi connectivity index (χ2n) is 6.14. The molecule has 3 heterocycles. The molecule has 3 aromatic heterocycles. The van der Waals surface area contributed by atoms with Gasteiger partial charge in [0.05, 0.1) is 12.0 Å². The van der Waals surface area contributed by atoms with Crippen LogP contribution in [-0.2, 0) is 4.79 Å². The first kappa shape index (κ1) is 19.7. The van der Waals surface area contributed by atoms with Gasteiger partial charge in [0.25, 0.3) is 5.91 Å². The number of amides is 1. The van der Waals surface area contributed by atoms with Gasteiger partial charge in [-0.25, -0.2) is 28.7 Å². The van der Waals surface area contributed by atoms with E-state index in [0.29, 0.717) is 28.6 Å². The Bertz CT molecular complexity index is 1340. The average molecular weight is 421 g/mol. The number of nitrogens with one attached hydrogen (secondary N) is 5. The second kappa shape index (κ2) is 8.02. The molecule has 0 saturated heterocycles. The van der Waals surface area contributed by atoms with Crippen molar-refractivity contribution < 1.29 is 13.6 Å². The molecule has 0 saturated carbocycles. The lowest BCUT2D eigenvalue weighted by atomic mass is 10.1. The van der Waals surface area contributed by atoms with Crippen molar-refractivity contribution in [1.29, 1.82) is 10.8 Å². The number of aromatic amines is 1. The summed E-state index contributed by atoms with van der Waals surface area (Å²) in [4.78, 5) is 31.2. The third-order valence-corrected chi connectivity index (χ3v) is 4.26. The van der Waals surface area contributed by atoms with Crippen molar-refractivity contribution in [2.75, 3.05) is 10.6 Å². The van der Waals surface area contributed by atoms with Crippen molar-refractivity contribution in [1.82, 2.24) is 24.9 Å². The molecule has 0 atom stereocenters. The molecular formula is C19H13F2N9O. The molecule has 5 N–H and O–H groups in total. The zero-order valence-electron chi connectivity index (χ0n) is 15.6. The number of aromatic nitrogens is 5. The van der Waals surface area contributed by atoms with Gasteiger partial charge in [0, 0.05) is 18.0 Å². The number of imidazole rings is 1. The molecule has 0 fully saturated rings. The maximum Gasteiger partial charge on any atom is 0.275 e. The van der Waals surface area contributed by atoms with Gasteiger partial charge in [-0.2, -0.15) is 0 Å². The van der Waals surface area contributed by atoms with Crippen LogP contribution in [0.5, 0.6) is 0 Å². The molecule has 0 bridgehead atoms. The summed E-state index contributed by atoms with van der Waals surface area (Å²) in [7, 11) is 0. The van der Waals surface area contributed by atoms with E-state index in [4.69, 9.17) is 10.8 Å². The quantitative estimate of drug-likeness (QED) is 0.301. The summed E-state index contributed by atoms with van der Waals surface area (Å²) < 4.78 is 29.4. The Balaban J connectivity index is 1.75. The van der Waals surface area contributed by atoms with Crippen molar-refractivity contribution >= 4 is 46.2 Å². The molecule has 154 valence electrons. The van der Waals surface area contributed by atoms with Crippen LogP contribution >= 0.6 is 0 Å². The van der Waals surface area contributed by atoms with Gasteiger partial charge in [0.2, 0.25) is 0 Å².